The van der Waals surface area contributed by atoms with Crippen LogP contribution >= 0.6 is 0 Å². The van der Waals surface area contributed by atoms with Crippen LogP contribution < -0.4 is 0 Å². The van der Waals surface area contributed by atoms with Crippen LogP contribution in [0.4, 0.5) is 0 Å². The molecule has 13 heavy (non-hydrogen) atoms. The Morgan fingerprint density at radius 3 is 2.77 bits per heavy atom. The third-order valence-electron chi connectivity index (χ3n) is 2.92. The first-order chi connectivity index (χ1) is 5.93. The molecule has 1 aliphatic rings. The average molecular weight is 178 g/mol. The summed E-state index contributed by atoms with van der Waals surface area (Å²) in [5.74, 6) is 2.72. The normalized spacial score (nSPS) is 36.9. The molecule has 1 saturated carbocycles. The third-order valence-corrected chi connectivity index (χ3v) is 2.92. The van der Waals surface area contributed by atoms with Crippen molar-refractivity contribution in [1.29, 1.82) is 0 Å². The van der Waals surface area contributed by atoms with Crippen LogP contribution in [0, 0.1) is 23.7 Å². The zero-order valence-electron chi connectivity index (χ0n) is 8.51. The van der Waals surface area contributed by atoms with E-state index in [1.807, 2.05) is 6.08 Å². The van der Waals surface area contributed by atoms with E-state index >= 15 is 0 Å². The van der Waals surface area contributed by atoms with Gasteiger partial charge in [-0.2, -0.15) is 0 Å². The number of terminal acetylenes is 1. The lowest BCUT2D eigenvalue weighted by Crippen LogP contribution is -2.31. The van der Waals surface area contributed by atoms with Crippen LogP contribution in [0.1, 0.15) is 33.1 Å². The molecule has 0 saturated heterocycles. The number of rotatable bonds is 2. The molecule has 0 unspecified atom stereocenters. The Hall–Kier alpha value is -0.740. The van der Waals surface area contributed by atoms with E-state index in [9.17, 15) is 5.11 Å². The molecule has 0 aliphatic heterocycles. The molecule has 0 aromatic rings. The lowest BCUT2D eigenvalue weighted by atomic mass is 9.89. The highest BCUT2D eigenvalue weighted by Crippen LogP contribution is 2.48. The van der Waals surface area contributed by atoms with Crippen molar-refractivity contribution in [3.05, 3.63) is 12.7 Å². The molecule has 1 fully saturated rings. The Labute approximate surface area is 80.9 Å². The molecule has 0 radical (unpaired) electrons. The molecule has 72 valence electrons. The average Bonchev–Trinajstić information content (AvgIpc) is 2.24. The Balaban J connectivity index is 2.84. The Kier molecular flexibility index (Phi) is 2.54. The van der Waals surface area contributed by atoms with E-state index in [4.69, 9.17) is 6.42 Å². The van der Waals surface area contributed by atoms with Gasteiger partial charge in [0.15, 0.2) is 0 Å². The molecule has 1 rings (SSSR count). The minimum Gasteiger partial charge on any atom is -0.377 e. The maximum atomic E-state index is 10.1. The zero-order chi connectivity index (χ0) is 10.1. The smallest absolute Gasteiger partial charge is 0.128 e. The van der Waals surface area contributed by atoms with Crippen LogP contribution in [0.3, 0.4) is 0 Å². The molecule has 0 bridgehead atoms. The van der Waals surface area contributed by atoms with Gasteiger partial charge in [-0.15, -0.1) is 13.0 Å². The molecule has 0 amide bonds. The van der Waals surface area contributed by atoms with Gasteiger partial charge in [0, 0.05) is 5.92 Å². The maximum absolute atomic E-state index is 10.1. The second-order valence-electron chi connectivity index (χ2n) is 4.84. The molecular weight excluding hydrogens is 160 g/mol. The molecule has 0 aromatic carbocycles. The predicted molar refractivity (Wildman–Crippen MR) is 55.1 cm³/mol. The Bertz CT molecular complexity index is 246. The second kappa shape index (κ2) is 3.20. The molecule has 0 aromatic heterocycles. The van der Waals surface area contributed by atoms with Crippen LogP contribution in [0.15, 0.2) is 12.7 Å². The first-order valence-electron chi connectivity index (χ1n) is 4.74. The van der Waals surface area contributed by atoms with Gasteiger partial charge in [0.25, 0.3) is 0 Å². The van der Waals surface area contributed by atoms with Crippen LogP contribution in [0.5, 0.6) is 0 Å². The SMILES string of the molecule is C#C[C@]1(O)CC(C)(C)C[C@@H]1CC=C. The summed E-state index contributed by atoms with van der Waals surface area (Å²) < 4.78 is 0. The monoisotopic (exact) mass is 178 g/mol. The zero-order valence-corrected chi connectivity index (χ0v) is 8.51. The van der Waals surface area contributed by atoms with E-state index in [-0.39, 0.29) is 11.3 Å². The first kappa shape index (κ1) is 10.3. The van der Waals surface area contributed by atoms with Gasteiger partial charge in [0.2, 0.25) is 0 Å². The summed E-state index contributed by atoms with van der Waals surface area (Å²) in [4.78, 5) is 0. The van der Waals surface area contributed by atoms with Crippen molar-refractivity contribution in [3.8, 4) is 12.3 Å². The number of allylic oxidation sites excluding steroid dienone is 1. The van der Waals surface area contributed by atoms with Crippen LogP contribution in [0.25, 0.3) is 0 Å². The standard InChI is InChI=1S/C12H18O/c1-5-7-10-8-11(3,4)9-12(10,13)6-2/h2,5,10,13H,1,7-9H2,3-4H3/t10-,12-/m0/s1. The topological polar surface area (TPSA) is 20.2 Å². The second-order valence-corrected chi connectivity index (χ2v) is 4.84. The van der Waals surface area contributed by atoms with Crippen molar-refractivity contribution >= 4 is 0 Å². The largest absolute Gasteiger partial charge is 0.377 e. The molecule has 1 N–H and O–H groups in total. The van der Waals surface area contributed by atoms with E-state index in [1.54, 1.807) is 0 Å². The summed E-state index contributed by atoms with van der Waals surface area (Å²) in [6.45, 7) is 7.99. The van der Waals surface area contributed by atoms with Crippen molar-refractivity contribution in [2.45, 2.75) is 38.7 Å². The number of hydrogen-bond acceptors (Lipinski definition) is 1. The van der Waals surface area contributed by atoms with Crippen molar-refractivity contribution in [1.82, 2.24) is 0 Å². The molecule has 0 spiro atoms. The van der Waals surface area contributed by atoms with Crippen molar-refractivity contribution in [2.24, 2.45) is 11.3 Å². The summed E-state index contributed by atoms with van der Waals surface area (Å²) in [5.41, 5.74) is -0.744. The minimum absolute atomic E-state index is 0.162. The van der Waals surface area contributed by atoms with Gasteiger partial charge in [-0.1, -0.05) is 25.8 Å². The van der Waals surface area contributed by atoms with Crippen LogP contribution in [0.2, 0.25) is 0 Å². The number of aliphatic hydroxyl groups is 1. The van der Waals surface area contributed by atoms with Gasteiger partial charge in [-0.25, -0.2) is 0 Å². The molecule has 2 atom stereocenters. The number of hydrogen-bond donors (Lipinski definition) is 1. The van der Waals surface area contributed by atoms with E-state index < -0.39 is 5.60 Å². The molecule has 1 aliphatic carbocycles. The van der Waals surface area contributed by atoms with Crippen LogP contribution in [-0.4, -0.2) is 10.7 Å². The van der Waals surface area contributed by atoms with E-state index in [2.05, 4.69) is 26.3 Å². The quantitative estimate of drug-likeness (QED) is 0.508. The summed E-state index contributed by atoms with van der Waals surface area (Å²) in [7, 11) is 0. The predicted octanol–water partition coefficient (Wildman–Crippen LogP) is 2.36. The summed E-state index contributed by atoms with van der Waals surface area (Å²) in [5, 5.41) is 10.1. The van der Waals surface area contributed by atoms with E-state index in [1.165, 1.54) is 0 Å². The molecule has 0 heterocycles. The van der Waals surface area contributed by atoms with Gasteiger partial charge in [-0.05, 0) is 24.7 Å². The van der Waals surface area contributed by atoms with Gasteiger partial charge in [0.1, 0.15) is 5.60 Å². The van der Waals surface area contributed by atoms with Crippen LogP contribution in [-0.2, 0) is 0 Å². The Morgan fingerprint density at radius 1 is 1.69 bits per heavy atom. The lowest BCUT2D eigenvalue weighted by molar-refractivity contribution is 0.0576. The fourth-order valence-corrected chi connectivity index (χ4v) is 2.43. The lowest BCUT2D eigenvalue weighted by Gasteiger charge is -2.23. The first-order valence-corrected chi connectivity index (χ1v) is 4.74. The summed E-state index contributed by atoms with van der Waals surface area (Å²) in [6.07, 6.45) is 9.72. The Morgan fingerprint density at radius 2 is 2.31 bits per heavy atom. The highest BCUT2D eigenvalue weighted by atomic mass is 16.3. The van der Waals surface area contributed by atoms with Crippen molar-refractivity contribution < 1.29 is 5.11 Å². The van der Waals surface area contributed by atoms with Gasteiger partial charge < -0.3 is 5.11 Å². The molecular formula is C12H18O. The maximum Gasteiger partial charge on any atom is 0.128 e. The fraction of sp³-hybridized carbons (Fsp3) is 0.667. The molecule has 1 heteroatoms. The highest BCUT2D eigenvalue weighted by Gasteiger charge is 2.47. The van der Waals surface area contributed by atoms with E-state index in [0.29, 0.717) is 6.42 Å². The van der Waals surface area contributed by atoms with E-state index in [0.717, 1.165) is 12.8 Å². The van der Waals surface area contributed by atoms with Crippen molar-refractivity contribution in [3.63, 3.8) is 0 Å². The van der Waals surface area contributed by atoms with Gasteiger partial charge in [0.05, 0.1) is 0 Å². The third kappa shape index (κ3) is 1.95. The van der Waals surface area contributed by atoms with Gasteiger partial charge in [-0.3, -0.25) is 0 Å². The highest BCUT2D eigenvalue weighted by molar-refractivity contribution is 5.17. The van der Waals surface area contributed by atoms with Crippen molar-refractivity contribution in [2.75, 3.05) is 0 Å². The van der Waals surface area contributed by atoms with Gasteiger partial charge >= 0.3 is 0 Å². The molecule has 1 nitrogen and oxygen atoms in total. The summed E-state index contributed by atoms with van der Waals surface area (Å²) >= 11 is 0. The fourth-order valence-electron chi connectivity index (χ4n) is 2.43. The minimum atomic E-state index is -0.905. The summed E-state index contributed by atoms with van der Waals surface area (Å²) in [6, 6.07) is 0.